The Labute approximate surface area is 155 Å². The van der Waals surface area contributed by atoms with Crippen LogP contribution in [0.3, 0.4) is 0 Å². The van der Waals surface area contributed by atoms with Crippen LogP contribution in [0.1, 0.15) is 6.92 Å². The van der Waals surface area contributed by atoms with E-state index >= 15 is 0 Å². The van der Waals surface area contributed by atoms with Crippen molar-refractivity contribution in [3.63, 3.8) is 0 Å². The third-order valence-corrected chi connectivity index (χ3v) is 8.21. The normalized spacial score (nSPS) is 12.2. The molecular weight excluding hydrogens is 396 g/mol. The van der Waals surface area contributed by atoms with Crippen LogP contribution in [0.25, 0.3) is 10.2 Å². The molecule has 0 spiro atoms. The van der Waals surface area contributed by atoms with Crippen molar-refractivity contribution in [1.29, 1.82) is 0 Å². The van der Waals surface area contributed by atoms with E-state index in [-0.39, 0.29) is 15.0 Å². The summed E-state index contributed by atoms with van der Waals surface area (Å²) in [5, 5.41) is 0. The molecule has 2 aromatic carbocycles. The molecule has 0 bridgehead atoms. The molecule has 0 amide bonds. The van der Waals surface area contributed by atoms with Crippen LogP contribution in [0.15, 0.2) is 51.7 Å². The Balaban J connectivity index is 1.95. The number of nitrogens with one attached hydrogen (secondary N) is 1. The molecule has 0 atom stereocenters. The van der Waals surface area contributed by atoms with Crippen molar-refractivity contribution >= 4 is 47.1 Å². The highest BCUT2D eigenvalue weighted by Gasteiger charge is 2.19. The average molecular weight is 413 g/mol. The predicted octanol–water partition coefficient (Wildman–Crippen LogP) is 2.90. The largest absolute Gasteiger partial charge is 0.497 e. The van der Waals surface area contributed by atoms with Gasteiger partial charge >= 0.3 is 0 Å². The first kappa shape index (κ1) is 18.6. The minimum atomic E-state index is -3.80. The van der Waals surface area contributed by atoms with E-state index in [4.69, 9.17) is 4.74 Å². The Morgan fingerprint density at radius 1 is 1.12 bits per heavy atom. The maximum Gasteiger partial charge on any atom is 0.262 e. The Bertz CT molecular complexity index is 1170. The molecule has 3 aromatic rings. The second-order valence-corrected chi connectivity index (χ2v) is 10.5. The molecule has 10 heteroatoms. The van der Waals surface area contributed by atoms with E-state index in [1.54, 1.807) is 37.3 Å². The third-order valence-electron chi connectivity index (χ3n) is 3.62. The van der Waals surface area contributed by atoms with Crippen LogP contribution < -0.4 is 9.46 Å². The van der Waals surface area contributed by atoms with Gasteiger partial charge < -0.3 is 4.74 Å². The first-order valence-electron chi connectivity index (χ1n) is 7.55. The quantitative estimate of drug-likeness (QED) is 0.668. The summed E-state index contributed by atoms with van der Waals surface area (Å²) < 4.78 is 57.1. The number of rotatable bonds is 6. The minimum absolute atomic E-state index is 0.0304. The number of ether oxygens (including phenoxy) is 1. The summed E-state index contributed by atoms with van der Waals surface area (Å²) in [5.74, 6) is 0.391. The maximum atomic E-state index is 12.5. The van der Waals surface area contributed by atoms with E-state index in [1.807, 2.05) is 0 Å². The summed E-state index contributed by atoms with van der Waals surface area (Å²) in [6.07, 6.45) is 0. The fourth-order valence-corrected chi connectivity index (χ4v) is 5.64. The fourth-order valence-electron chi connectivity index (χ4n) is 2.21. The van der Waals surface area contributed by atoms with Gasteiger partial charge in [0.05, 0.1) is 33.7 Å². The molecule has 0 aliphatic carbocycles. The molecule has 1 aromatic heterocycles. The third kappa shape index (κ3) is 3.67. The summed E-state index contributed by atoms with van der Waals surface area (Å²) in [6.45, 7) is 1.55. The molecule has 1 N–H and O–H groups in total. The minimum Gasteiger partial charge on any atom is -0.497 e. The lowest BCUT2D eigenvalue weighted by molar-refractivity contribution is 0.413. The van der Waals surface area contributed by atoms with Crippen molar-refractivity contribution in [2.75, 3.05) is 17.6 Å². The monoisotopic (exact) mass is 412 g/mol. The Kier molecular flexibility index (Phi) is 4.91. The molecule has 0 aliphatic rings. The number of thiazole rings is 1. The lowest BCUT2D eigenvalue weighted by atomic mass is 10.3. The highest BCUT2D eigenvalue weighted by molar-refractivity contribution is 7.93. The second-order valence-electron chi connectivity index (χ2n) is 5.35. The topological polar surface area (TPSA) is 102 Å². The van der Waals surface area contributed by atoms with Crippen LogP contribution in [0, 0.1) is 0 Å². The highest BCUT2D eigenvalue weighted by Crippen LogP contribution is 2.29. The van der Waals surface area contributed by atoms with Crippen molar-refractivity contribution in [2.45, 2.75) is 16.2 Å². The smallest absolute Gasteiger partial charge is 0.262 e. The lowest BCUT2D eigenvalue weighted by Gasteiger charge is -2.09. The standard InChI is InChI=1S/C16H16N2O5S3/c1-3-25(19,20)16-17-14-8-7-11(9-15(14)24-16)18-26(21,22)13-6-4-5-12(10-13)23-2/h4-10,18H,3H2,1-2H3. The molecular formula is C16H16N2O5S3. The zero-order valence-electron chi connectivity index (χ0n) is 14.0. The summed E-state index contributed by atoms with van der Waals surface area (Å²) in [7, 11) is -5.75. The van der Waals surface area contributed by atoms with Crippen LogP contribution in [0.5, 0.6) is 5.75 Å². The van der Waals surface area contributed by atoms with Crippen LogP contribution >= 0.6 is 11.3 Å². The zero-order valence-corrected chi connectivity index (χ0v) is 16.4. The molecule has 0 saturated heterocycles. The van der Waals surface area contributed by atoms with E-state index in [9.17, 15) is 16.8 Å². The van der Waals surface area contributed by atoms with Gasteiger partial charge in [-0.1, -0.05) is 13.0 Å². The number of hydrogen-bond donors (Lipinski definition) is 1. The van der Waals surface area contributed by atoms with E-state index in [2.05, 4.69) is 9.71 Å². The van der Waals surface area contributed by atoms with Crippen LogP contribution in [0.4, 0.5) is 5.69 Å². The van der Waals surface area contributed by atoms with Gasteiger partial charge in [0.2, 0.25) is 14.2 Å². The number of benzene rings is 2. The summed E-state index contributed by atoms with van der Waals surface area (Å²) >= 11 is 1.02. The summed E-state index contributed by atoms with van der Waals surface area (Å²) in [4.78, 5) is 4.18. The van der Waals surface area contributed by atoms with E-state index in [0.29, 0.717) is 21.7 Å². The SMILES string of the molecule is CCS(=O)(=O)c1nc2ccc(NS(=O)(=O)c3cccc(OC)c3)cc2s1. The molecule has 3 rings (SSSR count). The van der Waals surface area contributed by atoms with Gasteiger partial charge in [-0.15, -0.1) is 11.3 Å². The number of fused-ring (bicyclic) bond motifs is 1. The first-order valence-corrected chi connectivity index (χ1v) is 11.5. The van der Waals surface area contributed by atoms with Gasteiger partial charge in [-0.2, -0.15) is 0 Å². The number of methoxy groups -OCH3 is 1. The average Bonchev–Trinajstić information content (AvgIpc) is 3.05. The molecule has 1 heterocycles. The zero-order chi connectivity index (χ0) is 18.9. The molecule has 138 valence electrons. The number of anilines is 1. The van der Waals surface area contributed by atoms with Gasteiger partial charge in [0, 0.05) is 6.07 Å². The van der Waals surface area contributed by atoms with E-state index < -0.39 is 19.9 Å². The van der Waals surface area contributed by atoms with Crippen molar-refractivity contribution in [1.82, 2.24) is 4.98 Å². The predicted molar refractivity (Wildman–Crippen MR) is 101 cm³/mol. The number of aromatic nitrogens is 1. The van der Waals surface area contributed by atoms with Crippen LogP contribution in [-0.4, -0.2) is 34.7 Å². The molecule has 26 heavy (non-hydrogen) atoms. The van der Waals surface area contributed by atoms with Crippen LogP contribution in [0.2, 0.25) is 0 Å². The Hall–Kier alpha value is -2.17. The second kappa shape index (κ2) is 6.86. The van der Waals surface area contributed by atoms with Gasteiger partial charge in [-0.25, -0.2) is 21.8 Å². The number of sulfone groups is 1. The van der Waals surface area contributed by atoms with Gasteiger partial charge in [0.1, 0.15) is 5.75 Å². The maximum absolute atomic E-state index is 12.5. The molecule has 0 aliphatic heterocycles. The molecule has 0 radical (unpaired) electrons. The van der Waals surface area contributed by atoms with Crippen molar-refractivity contribution in [3.8, 4) is 5.75 Å². The number of hydrogen-bond acceptors (Lipinski definition) is 7. The van der Waals surface area contributed by atoms with Crippen molar-refractivity contribution in [2.24, 2.45) is 0 Å². The fraction of sp³-hybridized carbons (Fsp3) is 0.188. The van der Waals surface area contributed by atoms with Crippen molar-refractivity contribution in [3.05, 3.63) is 42.5 Å². The van der Waals surface area contributed by atoms with Gasteiger partial charge in [-0.3, -0.25) is 4.72 Å². The first-order chi connectivity index (χ1) is 12.2. The van der Waals surface area contributed by atoms with E-state index in [1.165, 1.54) is 19.2 Å². The van der Waals surface area contributed by atoms with Gasteiger partial charge in [0.25, 0.3) is 10.0 Å². The molecule has 0 fully saturated rings. The summed E-state index contributed by atoms with van der Waals surface area (Å²) in [5.41, 5.74) is 0.829. The van der Waals surface area contributed by atoms with Gasteiger partial charge in [0.15, 0.2) is 0 Å². The molecule has 0 saturated carbocycles. The Morgan fingerprint density at radius 3 is 2.58 bits per heavy atom. The molecule has 0 unspecified atom stereocenters. The highest BCUT2D eigenvalue weighted by atomic mass is 32.2. The number of sulfonamides is 1. The number of nitrogens with zero attached hydrogens (tertiary/aromatic N) is 1. The summed E-state index contributed by atoms with van der Waals surface area (Å²) in [6, 6.07) is 10.8. The lowest BCUT2D eigenvalue weighted by Crippen LogP contribution is -2.12. The van der Waals surface area contributed by atoms with E-state index in [0.717, 1.165) is 11.3 Å². The Morgan fingerprint density at radius 2 is 1.88 bits per heavy atom. The van der Waals surface area contributed by atoms with Crippen molar-refractivity contribution < 1.29 is 21.6 Å². The van der Waals surface area contributed by atoms with Gasteiger partial charge in [-0.05, 0) is 30.3 Å². The molecule has 7 nitrogen and oxygen atoms in total. The van der Waals surface area contributed by atoms with Crippen LogP contribution in [-0.2, 0) is 19.9 Å².